The second kappa shape index (κ2) is 10.4. The number of benzene rings is 2. The zero-order valence-corrected chi connectivity index (χ0v) is 18.4. The first-order chi connectivity index (χ1) is 15.0. The minimum atomic E-state index is -0.502. The van der Waals surface area contributed by atoms with Crippen LogP contribution in [0.1, 0.15) is 26.3 Å². The molecule has 3 aromatic rings. The molecule has 0 spiro atoms. The number of ether oxygens (including phenoxy) is 2. The van der Waals surface area contributed by atoms with Gasteiger partial charge in [0, 0.05) is 10.9 Å². The Labute approximate surface area is 185 Å². The molecular weight excluding hydrogens is 410 g/mol. The van der Waals surface area contributed by atoms with Crippen LogP contribution in [0.3, 0.4) is 0 Å². The largest absolute Gasteiger partial charge is 0.494 e. The Balaban J connectivity index is 1.68. The lowest BCUT2D eigenvalue weighted by atomic mass is 10.1. The quantitative estimate of drug-likeness (QED) is 0.372. The van der Waals surface area contributed by atoms with Crippen LogP contribution in [0, 0.1) is 11.3 Å². The van der Waals surface area contributed by atoms with E-state index >= 15 is 0 Å². The fraction of sp³-hybridized carbons (Fsp3) is 0.208. The number of nitrogens with zero attached hydrogens (tertiary/aromatic N) is 2. The maximum absolute atomic E-state index is 12.5. The minimum Gasteiger partial charge on any atom is -0.494 e. The molecule has 6 nitrogen and oxygen atoms in total. The zero-order valence-electron chi connectivity index (χ0n) is 17.6. The van der Waals surface area contributed by atoms with Gasteiger partial charge in [0.2, 0.25) is 0 Å². The lowest BCUT2D eigenvalue weighted by Crippen LogP contribution is -2.13. The third kappa shape index (κ3) is 6.17. The summed E-state index contributed by atoms with van der Waals surface area (Å²) in [6.07, 6.45) is 1.64. The summed E-state index contributed by atoms with van der Waals surface area (Å²) in [7, 11) is 0. The van der Waals surface area contributed by atoms with Crippen molar-refractivity contribution in [3.63, 3.8) is 0 Å². The Morgan fingerprint density at radius 2 is 1.84 bits per heavy atom. The molecule has 0 saturated heterocycles. The molecule has 31 heavy (non-hydrogen) atoms. The number of rotatable bonds is 8. The number of nitrogens with one attached hydrogen (secondary N) is 1. The summed E-state index contributed by atoms with van der Waals surface area (Å²) >= 11 is 1.30. The number of hydrogen-bond donors (Lipinski definition) is 1. The smallest absolute Gasteiger partial charge is 0.268 e. The molecule has 1 amide bonds. The van der Waals surface area contributed by atoms with E-state index in [0.29, 0.717) is 11.7 Å². The van der Waals surface area contributed by atoms with Gasteiger partial charge in [0.05, 0.1) is 18.4 Å². The number of nitriles is 1. The Kier molecular flexibility index (Phi) is 7.41. The van der Waals surface area contributed by atoms with Crippen LogP contribution in [0.25, 0.3) is 17.3 Å². The number of carbonyl (C=O) groups is 1. The molecule has 0 aliphatic rings. The summed E-state index contributed by atoms with van der Waals surface area (Å²) in [4.78, 5) is 17.0. The highest BCUT2D eigenvalue weighted by atomic mass is 32.1. The summed E-state index contributed by atoms with van der Waals surface area (Å²) in [5.41, 5.74) is 2.39. The maximum Gasteiger partial charge on any atom is 0.268 e. The van der Waals surface area contributed by atoms with E-state index in [0.717, 1.165) is 28.3 Å². The van der Waals surface area contributed by atoms with Gasteiger partial charge in [-0.25, -0.2) is 4.98 Å². The van der Waals surface area contributed by atoms with Crippen molar-refractivity contribution in [3.8, 4) is 28.8 Å². The van der Waals surface area contributed by atoms with Gasteiger partial charge in [-0.05, 0) is 68.8 Å². The van der Waals surface area contributed by atoms with E-state index < -0.39 is 5.91 Å². The number of anilines is 1. The molecule has 0 unspecified atom stereocenters. The Morgan fingerprint density at radius 3 is 2.45 bits per heavy atom. The maximum atomic E-state index is 12.5. The lowest BCUT2D eigenvalue weighted by molar-refractivity contribution is -0.112. The molecule has 0 aliphatic heterocycles. The van der Waals surface area contributed by atoms with Crippen molar-refractivity contribution in [1.29, 1.82) is 5.26 Å². The third-order valence-corrected chi connectivity index (χ3v) is 4.87. The molecule has 0 atom stereocenters. The van der Waals surface area contributed by atoms with Crippen LogP contribution in [-0.2, 0) is 4.79 Å². The molecule has 0 aliphatic carbocycles. The molecule has 0 saturated carbocycles. The predicted molar refractivity (Wildman–Crippen MR) is 123 cm³/mol. The van der Waals surface area contributed by atoms with E-state index in [9.17, 15) is 10.1 Å². The fourth-order valence-electron chi connectivity index (χ4n) is 2.75. The molecule has 0 radical (unpaired) electrons. The zero-order chi connectivity index (χ0) is 22.2. The van der Waals surface area contributed by atoms with E-state index in [1.54, 1.807) is 24.3 Å². The van der Waals surface area contributed by atoms with Crippen LogP contribution in [0.4, 0.5) is 5.13 Å². The third-order valence-electron chi connectivity index (χ3n) is 4.11. The molecule has 158 valence electrons. The molecule has 0 fully saturated rings. The number of aromatic nitrogens is 1. The van der Waals surface area contributed by atoms with Crippen LogP contribution in [-0.4, -0.2) is 23.6 Å². The van der Waals surface area contributed by atoms with Crippen LogP contribution in [0.15, 0.2) is 59.5 Å². The van der Waals surface area contributed by atoms with Crippen LogP contribution >= 0.6 is 11.3 Å². The fourth-order valence-corrected chi connectivity index (χ4v) is 3.46. The summed E-state index contributed by atoms with van der Waals surface area (Å²) < 4.78 is 11.1. The second-order valence-corrected chi connectivity index (χ2v) is 7.71. The summed E-state index contributed by atoms with van der Waals surface area (Å²) in [5.74, 6) is 1.03. The van der Waals surface area contributed by atoms with Crippen LogP contribution in [0.2, 0.25) is 0 Å². The van der Waals surface area contributed by atoms with Crippen LogP contribution in [0.5, 0.6) is 11.5 Å². The molecule has 2 aromatic carbocycles. The van der Waals surface area contributed by atoms with E-state index in [4.69, 9.17) is 9.47 Å². The van der Waals surface area contributed by atoms with Gasteiger partial charge in [0.1, 0.15) is 23.1 Å². The number of amides is 1. The highest BCUT2D eigenvalue weighted by Gasteiger charge is 2.13. The van der Waals surface area contributed by atoms with Crippen molar-refractivity contribution < 1.29 is 14.3 Å². The summed E-state index contributed by atoms with van der Waals surface area (Å²) in [6.45, 7) is 6.44. The van der Waals surface area contributed by atoms with Gasteiger partial charge in [-0.1, -0.05) is 12.1 Å². The van der Waals surface area contributed by atoms with E-state index in [1.807, 2.05) is 56.5 Å². The van der Waals surface area contributed by atoms with Crippen molar-refractivity contribution in [2.45, 2.75) is 26.9 Å². The molecule has 3 rings (SSSR count). The van der Waals surface area contributed by atoms with Gasteiger partial charge in [-0.2, -0.15) is 5.26 Å². The van der Waals surface area contributed by atoms with Gasteiger partial charge in [-0.3, -0.25) is 10.1 Å². The standard InChI is InChI=1S/C24H23N3O3S/c1-4-29-20-9-5-17(6-10-20)13-19(14-25)23(28)27-24-26-22(15-31-24)18-7-11-21(12-8-18)30-16(2)3/h5-13,15-16H,4H2,1-3H3,(H,26,27,28)/b19-13+. The molecular formula is C24H23N3O3S. The average molecular weight is 434 g/mol. The SMILES string of the molecule is CCOc1ccc(/C=C(\C#N)C(=O)Nc2nc(-c3ccc(OC(C)C)cc3)cs2)cc1. The van der Waals surface area contributed by atoms with E-state index in [2.05, 4.69) is 10.3 Å². The Bertz CT molecular complexity index is 1090. The van der Waals surface area contributed by atoms with Crippen molar-refractivity contribution in [2.24, 2.45) is 0 Å². The average Bonchev–Trinajstić information content (AvgIpc) is 3.22. The monoisotopic (exact) mass is 433 g/mol. The van der Waals surface area contributed by atoms with E-state index in [-0.39, 0.29) is 11.7 Å². The van der Waals surface area contributed by atoms with Crippen molar-refractivity contribution in [1.82, 2.24) is 4.98 Å². The molecule has 1 aromatic heterocycles. The predicted octanol–water partition coefficient (Wildman–Crippen LogP) is 5.54. The van der Waals surface area contributed by atoms with Gasteiger partial charge in [0.15, 0.2) is 5.13 Å². The number of hydrogen-bond acceptors (Lipinski definition) is 6. The van der Waals surface area contributed by atoms with Gasteiger partial charge in [0.25, 0.3) is 5.91 Å². The molecule has 7 heteroatoms. The first kappa shape index (κ1) is 22.1. The molecule has 1 N–H and O–H groups in total. The van der Waals surface area contributed by atoms with Crippen molar-refractivity contribution in [2.75, 3.05) is 11.9 Å². The first-order valence-electron chi connectivity index (χ1n) is 9.87. The number of carbonyl (C=O) groups excluding carboxylic acids is 1. The highest BCUT2D eigenvalue weighted by molar-refractivity contribution is 7.14. The summed E-state index contributed by atoms with van der Waals surface area (Å²) in [6, 6.07) is 16.8. The first-order valence-corrected chi connectivity index (χ1v) is 10.7. The van der Waals surface area contributed by atoms with Gasteiger partial charge < -0.3 is 9.47 Å². The van der Waals surface area contributed by atoms with Crippen molar-refractivity contribution >= 4 is 28.5 Å². The van der Waals surface area contributed by atoms with Gasteiger partial charge in [-0.15, -0.1) is 11.3 Å². The topological polar surface area (TPSA) is 84.2 Å². The molecule has 1 heterocycles. The summed E-state index contributed by atoms with van der Waals surface area (Å²) in [5, 5.41) is 14.4. The van der Waals surface area contributed by atoms with Gasteiger partial charge >= 0.3 is 0 Å². The normalized spacial score (nSPS) is 11.1. The number of thiazole rings is 1. The highest BCUT2D eigenvalue weighted by Crippen LogP contribution is 2.27. The van der Waals surface area contributed by atoms with E-state index in [1.165, 1.54) is 17.4 Å². The van der Waals surface area contributed by atoms with Crippen LogP contribution < -0.4 is 14.8 Å². The second-order valence-electron chi connectivity index (χ2n) is 6.85. The minimum absolute atomic E-state index is 0.00361. The Morgan fingerprint density at radius 1 is 1.16 bits per heavy atom. The molecule has 0 bridgehead atoms. The lowest BCUT2D eigenvalue weighted by Gasteiger charge is -2.09. The Hall–Kier alpha value is -3.63. The van der Waals surface area contributed by atoms with Crippen molar-refractivity contribution in [3.05, 3.63) is 65.0 Å².